The number of hydrogen-bond donors (Lipinski definition) is 0. The molecule has 0 amide bonds. The Labute approximate surface area is 422 Å². The standard InChI is InChI=1S/C71H51N/c1-69(2)61-25-13-8-23-56(61)59-41-46(32-40-62(59)69)68-50-18-6-5-17-44(50)31-37-51(68)45-29-33-47(34-30-45)72(48-35-38-57-52-19-7-12-24-60(52)70(3,4)66(57)42-48)49-36-39-58-55-22-11-16-28-65(55)71(67(58)43-49)63-26-14-9-20-53(63)54-21-10-15-27-64(54)71/h5-43H,1-4H3. The number of hydrogen-bond acceptors (Lipinski definition) is 1. The number of rotatable bonds is 5. The first kappa shape index (κ1) is 41.3. The Morgan fingerprint density at radius 2 is 0.667 bits per heavy atom. The summed E-state index contributed by atoms with van der Waals surface area (Å²) in [6.45, 7) is 9.49. The first-order valence-electron chi connectivity index (χ1n) is 25.6. The van der Waals surface area contributed by atoms with Crippen molar-refractivity contribution < 1.29 is 0 Å². The van der Waals surface area contributed by atoms with E-state index in [4.69, 9.17) is 0 Å². The first-order valence-corrected chi connectivity index (χ1v) is 25.6. The van der Waals surface area contributed by atoms with Crippen LogP contribution in [0.25, 0.3) is 77.5 Å². The number of nitrogens with zero attached hydrogens (tertiary/aromatic N) is 1. The summed E-state index contributed by atoms with van der Waals surface area (Å²) in [6.07, 6.45) is 0. The van der Waals surface area contributed by atoms with Crippen molar-refractivity contribution in [2.45, 2.75) is 43.9 Å². The van der Waals surface area contributed by atoms with E-state index in [0.717, 1.165) is 17.1 Å². The molecule has 11 aromatic carbocycles. The number of fused-ring (bicyclic) bond motifs is 17. The molecule has 1 spiro atoms. The lowest BCUT2D eigenvalue weighted by molar-refractivity contribution is 0.660. The maximum absolute atomic E-state index is 2.52. The lowest BCUT2D eigenvalue weighted by Gasteiger charge is -2.32. The van der Waals surface area contributed by atoms with Gasteiger partial charge in [0.25, 0.3) is 0 Å². The highest BCUT2D eigenvalue weighted by atomic mass is 15.1. The zero-order valence-electron chi connectivity index (χ0n) is 41.0. The predicted molar refractivity (Wildman–Crippen MR) is 301 cm³/mol. The Balaban J connectivity index is 0.924. The number of anilines is 3. The van der Waals surface area contributed by atoms with Crippen molar-refractivity contribution in [1.29, 1.82) is 0 Å². The second kappa shape index (κ2) is 14.8. The molecule has 0 radical (unpaired) electrons. The van der Waals surface area contributed by atoms with E-state index < -0.39 is 5.41 Å². The van der Waals surface area contributed by atoms with Crippen LogP contribution in [0.2, 0.25) is 0 Å². The van der Waals surface area contributed by atoms with E-state index >= 15 is 0 Å². The van der Waals surface area contributed by atoms with Gasteiger partial charge >= 0.3 is 0 Å². The van der Waals surface area contributed by atoms with Crippen LogP contribution in [-0.2, 0) is 16.2 Å². The monoisotopic (exact) mass is 917 g/mol. The molecule has 4 aliphatic carbocycles. The van der Waals surface area contributed by atoms with Gasteiger partial charge < -0.3 is 4.90 Å². The van der Waals surface area contributed by atoms with Crippen LogP contribution < -0.4 is 4.90 Å². The highest BCUT2D eigenvalue weighted by molar-refractivity contribution is 6.05. The van der Waals surface area contributed by atoms with E-state index in [0.29, 0.717) is 0 Å². The zero-order chi connectivity index (χ0) is 48.1. The van der Waals surface area contributed by atoms with Crippen molar-refractivity contribution in [3.05, 3.63) is 281 Å². The minimum atomic E-state index is -0.450. The Kier molecular flexibility index (Phi) is 8.46. The van der Waals surface area contributed by atoms with Gasteiger partial charge in [0.05, 0.1) is 5.41 Å². The van der Waals surface area contributed by atoms with Crippen LogP contribution in [-0.4, -0.2) is 0 Å². The highest BCUT2D eigenvalue weighted by Crippen LogP contribution is 2.63. The van der Waals surface area contributed by atoms with Crippen molar-refractivity contribution in [1.82, 2.24) is 0 Å². The quantitative estimate of drug-likeness (QED) is 0.166. The third-order valence-electron chi connectivity index (χ3n) is 17.3. The van der Waals surface area contributed by atoms with Gasteiger partial charge in [0.15, 0.2) is 0 Å². The maximum Gasteiger partial charge on any atom is 0.0726 e. The molecule has 72 heavy (non-hydrogen) atoms. The molecule has 1 heteroatoms. The van der Waals surface area contributed by atoms with E-state index in [2.05, 4.69) is 269 Å². The molecule has 0 fully saturated rings. The molecule has 0 unspecified atom stereocenters. The van der Waals surface area contributed by atoms with E-state index in [9.17, 15) is 0 Å². The zero-order valence-corrected chi connectivity index (χ0v) is 41.0. The summed E-state index contributed by atoms with van der Waals surface area (Å²) in [5.41, 5.74) is 29.1. The van der Waals surface area contributed by atoms with E-state index in [1.54, 1.807) is 0 Å². The third-order valence-corrected chi connectivity index (χ3v) is 17.3. The summed E-state index contributed by atoms with van der Waals surface area (Å²) in [5, 5.41) is 2.50. The molecule has 340 valence electrons. The van der Waals surface area contributed by atoms with Gasteiger partial charge in [-0.1, -0.05) is 222 Å². The Hall–Kier alpha value is -8.52. The molecular formula is C71H51N. The van der Waals surface area contributed by atoms with Gasteiger partial charge in [-0.2, -0.15) is 0 Å². The van der Waals surface area contributed by atoms with Gasteiger partial charge in [-0.05, 0) is 165 Å². The minimum Gasteiger partial charge on any atom is -0.310 e. The van der Waals surface area contributed by atoms with E-state index in [1.165, 1.54) is 122 Å². The summed E-state index contributed by atoms with van der Waals surface area (Å²) in [5.74, 6) is 0. The first-order chi connectivity index (χ1) is 35.2. The van der Waals surface area contributed by atoms with Gasteiger partial charge in [-0.25, -0.2) is 0 Å². The molecule has 1 nitrogen and oxygen atoms in total. The minimum absolute atomic E-state index is 0.0538. The van der Waals surface area contributed by atoms with Crippen LogP contribution in [0, 0.1) is 0 Å². The SMILES string of the molecule is CC1(C)c2ccccc2-c2cc(-c3c(-c4ccc(N(c5ccc6c(c5)C(C)(C)c5ccccc5-6)c5ccc6c(c5)C5(c7ccccc7-c7ccccc75)c5ccccc5-6)cc4)ccc4ccccc34)ccc21. The third kappa shape index (κ3) is 5.43. The molecule has 0 heterocycles. The van der Waals surface area contributed by atoms with Gasteiger partial charge in [-0.3, -0.25) is 0 Å². The van der Waals surface area contributed by atoms with E-state index in [1.807, 2.05) is 0 Å². The second-order valence-corrected chi connectivity index (χ2v) is 21.5. The van der Waals surface area contributed by atoms with Crippen LogP contribution in [0.1, 0.15) is 72.2 Å². The summed E-state index contributed by atoms with van der Waals surface area (Å²) in [6, 6.07) is 89.8. The van der Waals surface area contributed by atoms with Crippen molar-refractivity contribution in [2.24, 2.45) is 0 Å². The van der Waals surface area contributed by atoms with Gasteiger partial charge in [0.1, 0.15) is 0 Å². The Morgan fingerprint density at radius 3 is 1.26 bits per heavy atom. The number of benzene rings is 11. The molecule has 0 aliphatic heterocycles. The fraction of sp³-hybridized carbons (Fsp3) is 0.0986. The van der Waals surface area contributed by atoms with Gasteiger partial charge in [0, 0.05) is 27.9 Å². The van der Waals surface area contributed by atoms with Crippen molar-refractivity contribution in [2.75, 3.05) is 4.90 Å². The summed E-state index contributed by atoms with van der Waals surface area (Å²) in [7, 11) is 0. The van der Waals surface area contributed by atoms with Crippen LogP contribution in [0.4, 0.5) is 17.1 Å². The highest BCUT2D eigenvalue weighted by Gasteiger charge is 2.52. The fourth-order valence-electron chi connectivity index (χ4n) is 14.0. The van der Waals surface area contributed by atoms with Crippen LogP contribution in [0.3, 0.4) is 0 Å². The lowest BCUT2D eigenvalue weighted by Crippen LogP contribution is -2.26. The largest absolute Gasteiger partial charge is 0.310 e. The lowest BCUT2D eigenvalue weighted by atomic mass is 9.70. The predicted octanol–water partition coefficient (Wildman–Crippen LogP) is 18.6. The summed E-state index contributed by atoms with van der Waals surface area (Å²) in [4.78, 5) is 2.51. The molecule has 0 saturated heterocycles. The van der Waals surface area contributed by atoms with Crippen molar-refractivity contribution in [3.63, 3.8) is 0 Å². The topological polar surface area (TPSA) is 3.24 Å². The normalized spacial score (nSPS) is 15.0. The molecule has 11 aromatic rings. The van der Waals surface area contributed by atoms with Crippen LogP contribution in [0.5, 0.6) is 0 Å². The van der Waals surface area contributed by atoms with Crippen molar-refractivity contribution >= 4 is 27.8 Å². The molecule has 0 atom stereocenters. The summed E-state index contributed by atoms with van der Waals surface area (Å²) >= 11 is 0. The van der Waals surface area contributed by atoms with Gasteiger partial charge in [0.2, 0.25) is 0 Å². The maximum atomic E-state index is 2.52. The second-order valence-electron chi connectivity index (χ2n) is 21.5. The molecular weight excluding hydrogens is 867 g/mol. The average molecular weight is 918 g/mol. The molecule has 0 N–H and O–H groups in total. The Morgan fingerprint density at radius 1 is 0.264 bits per heavy atom. The smallest absolute Gasteiger partial charge is 0.0726 e. The fourth-order valence-corrected chi connectivity index (χ4v) is 14.0. The van der Waals surface area contributed by atoms with Crippen LogP contribution >= 0.6 is 0 Å². The molecule has 0 saturated carbocycles. The van der Waals surface area contributed by atoms with Gasteiger partial charge in [-0.15, -0.1) is 0 Å². The molecule has 4 aliphatic rings. The average Bonchev–Trinajstić information content (AvgIpc) is 4.05. The van der Waals surface area contributed by atoms with Crippen molar-refractivity contribution in [3.8, 4) is 66.8 Å². The molecule has 0 aromatic heterocycles. The molecule has 15 rings (SSSR count). The summed E-state index contributed by atoms with van der Waals surface area (Å²) < 4.78 is 0. The molecule has 0 bridgehead atoms. The Bertz CT molecular complexity index is 4040. The van der Waals surface area contributed by atoms with Crippen LogP contribution in [0.15, 0.2) is 237 Å². The van der Waals surface area contributed by atoms with E-state index in [-0.39, 0.29) is 10.8 Å².